The van der Waals surface area contributed by atoms with E-state index >= 15 is 0 Å². The van der Waals surface area contributed by atoms with E-state index in [2.05, 4.69) is 16.9 Å². The standard InChI is InChI=1S/C19H13N3O4/c1-11(23)21-15-5-2-12(3-6-15)8-14(10-20)18(24)13-4-7-17-16(9-13)22-19(25)26-17/h2-9,21,23H,1H2,(H,22,25)/b14-8+. The third-order valence-electron chi connectivity index (χ3n) is 3.56. The maximum absolute atomic E-state index is 12.6. The number of aromatic amines is 1. The number of hydrogen-bond donors (Lipinski definition) is 3. The van der Waals surface area contributed by atoms with Crippen LogP contribution < -0.4 is 11.1 Å². The van der Waals surface area contributed by atoms with Crippen molar-refractivity contribution >= 4 is 28.6 Å². The van der Waals surface area contributed by atoms with E-state index in [4.69, 9.17) is 9.52 Å². The fourth-order valence-electron chi connectivity index (χ4n) is 2.39. The van der Waals surface area contributed by atoms with Crippen molar-refractivity contribution in [2.24, 2.45) is 0 Å². The number of rotatable bonds is 5. The molecule has 3 N–H and O–H groups in total. The molecular formula is C19H13N3O4. The topological polar surface area (TPSA) is 119 Å². The molecule has 0 spiro atoms. The van der Waals surface area contributed by atoms with Crippen molar-refractivity contribution < 1.29 is 14.3 Å². The number of aliphatic hydroxyl groups is 1. The van der Waals surface area contributed by atoms with E-state index in [0.717, 1.165) is 0 Å². The van der Waals surface area contributed by atoms with Gasteiger partial charge in [0.05, 0.1) is 5.52 Å². The molecule has 26 heavy (non-hydrogen) atoms. The van der Waals surface area contributed by atoms with Gasteiger partial charge in [-0.05, 0) is 48.6 Å². The van der Waals surface area contributed by atoms with Crippen molar-refractivity contribution in [1.82, 2.24) is 4.98 Å². The molecule has 0 saturated heterocycles. The number of fused-ring (bicyclic) bond motifs is 1. The zero-order valence-corrected chi connectivity index (χ0v) is 13.4. The first-order valence-corrected chi connectivity index (χ1v) is 7.50. The number of carbonyl (C=O) groups is 1. The smallest absolute Gasteiger partial charge is 0.417 e. The molecule has 0 aliphatic heterocycles. The number of aliphatic hydroxyl groups excluding tert-OH is 1. The van der Waals surface area contributed by atoms with Crippen LogP contribution in [0.25, 0.3) is 17.2 Å². The van der Waals surface area contributed by atoms with Gasteiger partial charge in [-0.2, -0.15) is 5.26 Å². The molecular weight excluding hydrogens is 334 g/mol. The highest BCUT2D eigenvalue weighted by Gasteiger charge is 2.14. The number of nitrogens with zero attached hydrogens (tertiary/aromatic N) is 1. The van der Waals surface area contributed by atoms with Gasteiger partial charge in [0.25, 0.3) is 0 Å². The number of ketones is 1. The van der Waals surface area contributed by atoms with Crippen molar-refractivity contribution in [3.63, 3.8) is 0 Å². The molecule has 0 radical (unpaired) electrons. The molecule has 3 rings (SSSR count). The molecule has 0 saturated carbocycles. The van der Waals surface area contributed by atoms with E-state index < -0.39 is 11.5 Å². The molecule has 0 atom stereocenters. The van der Waals surface area contributed by atoms with Crippen molar-refractivity contribution in [2.45, 2.75) is 0 Å². The minimum Gasteiger partial charge on any atom is -0.495 e. The summed E-state index contributed by atoms with van der Waals surface area (Å²) in [6, 6.07) is 13.1. The summed E-state index contributed by atoms with van der Waals surface area (Å²) < 4.78 is 4.89. The van der Waals surface area contributed by atoms with Crippen LogP contribution in [0.4, 0.5) is 5.69 Å². The zero-order chi connectivity index (χ0) is 18.7. The Hall–Kier alpha value is -4.05. The van der Waals surface area contributed by atoms with Crippen molar-refractivity contribution in [3.05, 3.63) is 82.2 Å². The number of Topliss-reactive ketones (excluding diaryl/α,β-unsaturated/α-hetero) is 1. The number of oxazole rings is 1. The van der Waals surface area contributed by atoms with Gasteiger partial charge in [0.2, 0.25) is 5.78 Å². The van der Waals surface area contributed by atoms with E-state index in [9.17, 15) is 14.9 Å². The predicted octanol–water partition coefficient (Wildman–Crippen LogP) is 3.35. The fraction of sp³-hybridized carbons (Fsp3) is 0. The Kier molecular flexibility index (Phi) is 4.41. The predicted molar refractivity (Wildman–Crippen MR) is 96.6 cm³/mol. The average Bonchev–Trinajstić information content (AvgIpc) is 2.99. The zero-order valence-electron chi connectivity index (χ0n) is 13.4. The highest BCUT2D eigenvalue weighted by molar-refractivity contribution is 6.14. The largest absolute Gasteiger partial charge is 0.495 e. The van der Waals surface area contributed by atoms with Gasteiger partial charge in [0.15, 0.2) is 11.5 Å². The SMILES string of the molecule is C=C(O)Nc1ccc(/C=C(\C#N)C(=O)c2ccc3oc(=O)[nH]c3c2)cc1. The average molecular weight is 347 g/mol. The Morgan fingerprint density at radius 1 is 1.27 bits per heavy atom. The van der Waals surface area contributed by atoms with Gasteiger partial charge in [0, 0.05) is 11.3 Å². The summed E-state index contributed by atoms with van der Waals surface area (Å²) in [7, 11) is 0. The molecule has 3 aromatic rings. The summed E-state index contributed by atoms with van der Waals surface area (Å²) >= 11 is 0. The number of allylic oxidation sites excluding steroid dienone is 1. The highest BCUT2D eigenvalue weighted by Crippen LogP contribution is 2.18. The monoisotopic (exact) mass is 347 g/mol. The fourth-order valence-corrected chi connectivity index (χ4v) is 2.39. The number of benzene rings is 2. The summed E-state index contributed by atoms with van der Waals surface area (Å²) in [5.41, 5.74) is 2.19. The maximum Gasteiger partial charge on any atom is 0.417 e. The second-order valence-electron chi connectivity index (χ2n) is 5.42. The molecule has 0 amide bonds. The lowest BCUT2D eigenvalue weighted by molar-refractivity contribution is 0.104. The van der Waals surface area contributed by atoms with Crippen LogP contribution in [0.2, 0.25) is 0 Å². The molecule has 1 aromatic heterocycles. The molecule has 0 fully saturated rings. The summed E-state index contributed by atoms with van der Waals surface area (Å²) in [4.78, 5) is 26.2. The Morgan fingerprint density at radius 2 is 2.00 bits per heavy atom. The van der Waals surface area contributed by atoms with E-state index in [-0.39, 0.29) is 17.0 Å². The maximum atomic E-state index is 12.6. The molecule has 2 aromatic carbocycles. The number of nitriles is 1. The summed E-state index contributed by atoms with van der Waals surface area (Å²) in [5.74, 6) is -1.27. The Bertz CT molecular complexity index is 1130. The first-order chi connectivity index (χ1) is 12.5. The lowest BCUT2D eigenvalue weighted by atomic mass is 10.0. The first-order valence-electron chi connectivity index (χ1n) is 7.50. The van der Waals surface area contributed by atoms with E-state index in [1.807, 2.05) is 6.07 Å². The van der Waals surface area contributed by atoms with Crippen LogP contribution in [0, 0.1) is 11.3 Å². The minimum atomic E-state index is -0.611. The Balaban J connectivity index is 1.89. The molecule has 128 valence electrons. The van der Waals surface area contributed by atoms with Crippen LogP contribution in [-0.2, 0) is 0 Å². The van der Waals surface area contributed by atoms with Crippen LogP contribution in [0.3, 0.4) is 0 Å². The van der Waals surface area contributed by atoms with Crippen molar-refractivity contribution in [1.29, 1.82) is 5.26 Å². The lowest BCUT2D eigenvalue weighted by Gasteiger charge is -2.04. The van der Waals surface area contributed by atoms with Gasteiger partial charge < -0.3 is 14.8 Å². The van der Waals surface area contributed by atoms with Crippen LogP contribution in [0.1, 0.15) is 15.9 Å². The van der Waals surface area contributed by atoms with E-state index in [0.29, 0.717) is 22.4 Å². The third-order valence-corrected chi connectivity index (χ3v) is 3.56. The number of anilines is 1. The quantitative estimate of drug-likeness (QED) is 0.282. The van der Waals surface area contributed by atoms with E-state index in [1.165, 1.54) is 24.3 Å². The second-order valence-corrected chi connectivity index (χ2v) is 5.42. The van der Waals surface area contributed by atoms with Crippen LogP contribution in [-0.4, -0.2) is 15.9 Å². The number of aromatic nitrogens is 1. The summed E-state index contributed by atoms with van der Waals surface area (Å²) in [6.07, 6.45) is 1.46. The summed E-state index contributed by atoms with van der Waals surface area (Å²) in [5, 5.41) is 21.1. The normalized spacial score (nSPS) is 11.1. The van der Waals surface area contributed by atoms with Crippen LogP contribution >= 0.6 is 0 Å². The van der Waals surface area contributed by atoms with Crippen LogP contribution in [0.5, 0.6) is 0 Å². The van der Waals surface area contributed by atoms with Crippen LogP contribution in [0.15, 0.2) is 69.7 Å². The van der Waals surface area contributed by atoms with Gasteiger partial charge >= 0.3 is 5.76 Å². The molecule has 7 heteroatoms. The first kappa shape index (κ1) is 16.8. The number of H-pyrrole nitrogens is 1. The van der Waals surface area contributed by atoms with Gasteiger partial charge in [-0.3, -0.25) is 9.78 Å². The number of carbonyl (C=O) groups excluding carboxylic acids is 1. The van der Waals surface area contributed by atoms with Crippen molar-refractivity contribution in [2.75, 3.05) is 5.32 Å². The Labute approximate surface area is 147 Å². The molecule has 0 bridgehead atoms. The minimum absolute atomic E-state index is 0.0533. The van der Waals surface area contributed by atoms with Gasteiger partial charge in [-0.25, -0.2) is 4.79 Å². The van der Waals surface area contributed by atoms with E-state index in [1.54, 1.807) is 24.3 Å². The summed E-state index contributed by atoms with van der Waals surface area (Å²) in [6.45, 7) is 3.33. The molecule has 0 aliphatic carbocycles. The highest BCUT2D eigenvalue weighted by atomic mass is 16.4. The van der Waals surface area contributed by atoms with Gasteiger partial charge in [-0.15, -0.1) is 0 Å². The molecule has 0 aliphatic rings. The molecule has 0 unspecified atom stereocenters. The third kappa shape index (κ3) is 3.55. The molecule has 1 heterocycles. The second kappa shape index (κ2) is 6.83. The van der Waals surface area contributed by atoms with Crippen molar-refractivity contribution in [3.8, 4) is 6.07 Å². The molecule has 7 nitrogen and oxygen atoms in total. The number of nitrogens with one attached hydrogen (secondary N) is 2. The van der Waals surface area contributed by atoms with Gasteiger partial charge in [-0.1, -0.05) is 12.1 Å². The Morgan fingerprint density at radius 3 is 2.65 bits per heavy atom. The number of hydrogen-bond acceptors (Lipinski definition) is 6. The lowest BCUT2D eigenvalue weighted by Crippen LogP contribution is -2.02. The van der Waals surface area contributed by atoms with Gasteiger partial charge in [0.1, 0.15) is 11.6 Å².